The van der Waals surface area contributed by atoms with Crippen LogP contribution in [0.4, 0.5) is 0 Å². The first-order valence-corrected chi connectivity index (χ1v) is 11.9. The molecule has 3 aromatic rings. The highest BCUT2D eigenvalue weighted by molar-refractivity contribution is 7.09. The highest BCUT2D eigenvalue weighted by Crippen LogP contribution is 2.33. The van der Waals surface area contributed by atoms with E-state index in [1.165, 1.54) is 0 Å². The first-order valence-electron chi connectivity index (χ1n) is 11.0. The summed E-state index contributed by atoms with van der Waals surface area (Å²) < 4.78 is 10.9. The molecule has 33 heavy (non-hydrogen) atoms. The SMILES string of the molecule is CC(C)CN(CC(=O)N(Cc1ccc2c(c1)OCO2)Cc1cccs1)C(=O)c1ccccc1. The van der Waals surface area contributed by atoms with Gasteiger partial charge in [0.1, 0.15) is 6.54 Å². The summed E-state index contributed by atoms with van der Waals surface area (Å²) in [7, 11) is 0. The number of hydrogen-bond donors (Lipinski definition) is 0. The normalized spacial score (nSPS) is 12.1. The average Bonchev–Trinajstić information content (AvgIpc) is 3.49. The fourth-order valence-electron chi connectivity index (χ4n) is 3.77. The zero-order chi connectivity index (χ0) is 23.2. The van der Waals surface area contributed by atoms with Crippen molar-refractivity contribution in [2.45, 2.75) is 26.9 Å². The largest absolute Gasteiger partial charge is 0.454 e. The van der Waals surface area contributed by atoms with Crippen molar-refractivity contribution in [2.24, 2.45) is 5.92 Å². The summed E-state index contributed by atoms with van der Waals surface area (Å²) >= 11 is 1.61. The van der Waals surface area contributed by atoms with Crippen molar-refractivity contribution in [3.05, 3.63) is 82.0 Å². The number of nitrogens with zero attached hydrogens (tertiary/aromatic N) is 2. The van der Waals surface area contributed by atoms with E-state index in [9.17, 15) is 9.59 Å². The Hall–Kier alpha value is -3.32. The van der Waals surface area contributed by atoms with Gasteiger partial charge in [-0.15, -0.1) is 11.3 Å². The first kappa shape index (κ1) is 22.9. The van der Waals surface area contributed by atoms with Crippen molar-refractivity contribution in [2.75, 3.05) is 19.9 Å². The predicted octanol–water partition coefficient (Wildman–Crippen LogP) is 4.80. The Kier molecular flexibility index (Phi) is 7.29. The van der Waals surface area contributed by atoms with E-state index >= 15 is 0 Å². The van der Waals surface area contributed by atoms with Crippen LogP contribution in [0.5, 0.6) is 11.5 Å². The van der Waals surface area contributed by atoms with Crippen LogP contribution >= 0.6 is 11.3 Å². The number of ether oxygens (including phenoxy) is 2. The van der Waals surface area contributed by atoms with Crippen LogP contribution in [0.1, 0.15) is 34.6 Å². The smallest absolute Gasteiger partial charge is 0.254 e. The second-order valence-corrected chi connectivity index (χ2v) is 9.49. The Morgan fingerprint density at radius 1 is 0.939 bits per heavy atom. The summed E-state index contributed by atoms with van der Waals surface area (Å²) in [4.78, 5) is 31.2. The van der Waals surface area contributed by atoms with Gasteiger partial charge in [-0.2, -0.15) is 0 Å². The van der Waals surface area contributed by atoms with Gasteiger partial charge in [-0.25, -0.2) is 0 Å². The molecule has 2 heterocycles. The molecule has 0 radical (unpaired) electrons. The number of carbonyl (C=O) groups excluding carboxylic acids is 2. The van der Waals surface area contributed by atoms with E-state index in [4.69, 9.17) is 9.47 Å². The highest BCUT2D eigenvalue weighted by Gasteiger charge is 2.24. The molecule has 0 N–H and O–H groups in total. The molecular weight excluding hydrogens is 436 g/mol. The number of benzene rings is 2. The molecule has 0 fully saturated rings. The second-order valence-electron chi connectivity index (χ2n) is 8.46. The molecule has 1 aliphatic heterocycles. The molecule has 0 aliphatic carbocycles. The van der Waals surface area contributed by atoms with E-state index in [1.807, 2.05) is 67.8 Å². The Balaban J connectivity index is 1.54. The first-order chi connectivity index (χ1) is 16.0. The van der Waals surface area contributed by atoms with Gasteiger partial charge in [-0.3, -0.25) is 9.59 Å². The van der Waals surface area contributed by atoms with Crippen molar-refractivity contribution < 1.29 is 19.1 Å². The van der Waals surface area contributed by atoms with Crippen LogP contribution in [0, 0.1) is 5.92 Å². The van der Waals surface area contributed by atoms with E-state index < -0.39 is 0 Å². The third-order valence-corrected chi connectivity index (χ3v) is 6.17. The summed E-state index contributed by atoms with van der Waals surface area (Å²) in [6, 6.07) is 18.9. The van der Waals surface area contributed by atoms with Gasteiger partial charge in [0.25, 0.3) is 5.91 Å². The predicted molar refractivity (Wildman–Crippen MR) is 128 cm³/mol. The Labute approximate surface area is 198 Å². The van der Waals surface area contributed by atoms with Crippen molar-refractivity contribution in [1.82, 2.24) is 9.80 Å². The molecule has 2 amide bonds. The molecule has 1 aliphatic rings. The van der Waals surface area contributed by atoms with Gasteiger partial charge >= 0.3 is 0 Å². The molecule has 172 valence electrons. The molecule has 0 bridgehead atoms. The topological polar surface area (TPSA) is 59.1 Å². The lowest BCUT2D eigenvalue weighted by atomic mass is 10.1. The Morgan fingerprint density at radius 3 is 2.45 bits per heavy atom. The number of hydrogen-bond acceptors (Lipinski definition) is 5. The van der Waals surface area contributed by atoms with Gasteiger partial charge in [0.15, 0.2) is 11.5 Å². The fraction of sp³-hybridized carbons (Fsp3) is 0.308. The van der Waals surface area contributed by atoms with E-state index in [2.05, 4.69) is 0 Å². The lowest BCUT2D eigenvalue weighted by molar-refractivity contribution is -0.133. The molecule has 1 aromatic heterocycles. The fourth-order valence-corrected chi connectivity index (χ4v) is 4.49. The molecule has 0 saturated carbocycles. The van der Waals surface area contributed by atoms with Crippen LogP contribution in [0.2, 0.25) is 0 Å². The van der Waals surface area contributed by atoms with Crippen LogP contribution < -0.4 is 9.47 Å². The van der Waals surface area contributed by atoms with Crippen LogP contribution in [-0.2, 0) is 17.9 Å². The minimum absolute atomic E-state index is 0.0296. The Bertz CT molecular complexity index is 1080. The zero-order valence-electron chi connectivity index (χ0n) is 18.9. The third-order valence-electron chi connectivity index (χ3n) is 5.31. The van der Waals surface area contributed by atoms with Crippen LogP contribution in [0.3, 0.4) is 0 Å². The summed E-state index contributed by atoms with van der Waals surface area (Å²) in [6.07, 6.45) is 0. The van der Waals surface area contributed by atoms with Gasteiger partial charge in [-0.05, 0) is 47.2 Å². The highest BCUT2D eigenvalue weighted by atomic mass is 32.1. The quantitative estimate of drug-likeness (QED) is 0.456. The maximum Gasteiger partial charge on any atom is 0.254 e. The molecule has 0 unspecified atom stereocenters. The van der Waals surface area contributed by atoms with Crippen molar-refractivity contribution >= 4 is 23.2 Å². The van der Waals surface area contributed by atoms with Gasteiger partial charge in [0, 0.05) is 23.5 Å². The second kappa shape index (κ2) is 10.5. The summed E-state index contributed by atoms with van der Waals surface area (Å²) in [6.45, 7) is 5.75. The molecule has 0 saturated heterocycles. The maximum atomic E-state index is 13.5. The van der Waals surface area contributed by atoms with E-state index in [1.54, 1.807) is 33.3 Å². The Morgan fingerprint density at radius 2 is 1.73 bits per heavy atom. The van der Waals surface area contributed by atoms with Crippen molar-refractivity contribution in [3.8, 4) is 11.5 Å². The molecule has 0 atom stereocenters. The number of carbonyl (C=O) groups is 2. The minimum Gasteiger partial charge on any atom is -0.454 e. The molecular formula is C26H28N2O4S. The standard InChI is InChI=1S/C26H28N2O4S/c1-19(2)14-28(26(30)21-7-4-3-5-8-21)17-25(29)27(16-22-9-6-12-33-22)15-20-10-11-23-24(13-20)32-18-31-23/h3-13,19H,14-18H2,1-2H3. The monoisotopic (exact) mass is 464 g/mol. The number of fused-ring (bicyclic) bond motifs is 1. The lowest BCUT2D eigenvalue weighted by Gasteiger charge is -2.29. The van der Waals surface area contributed by atoms with Gasteiger partial charge in [-0.1, -0.05) is 44.2 Å². The molecule has 0 spiro atoms. The molecule has 4 rings (SSSR count). The summed E-state index contributed by atoms with van der Waals surface area (Å²) in [5, 5.41) is 2.00. The minimum atomic E-state index is -0.128. The van der Waals surface area contributed by atoms with Crippen LogP contribution in [-0.4, -0.2) is 41.5 Å². The number of rotatable bonds is 9. The van der Waals surface area contributed by atoms with Crippen molar-refractivity contribution in [1.29, 1.82) is 0 Å². The van der Waals surface area contributed by atoms with E-state index in [0.717, 1.165) is 10.4 Å². The van der Waals surface area contributed by atoms with E-state index in [-0.39, 0.29) is 31.1 Å². The summed E-state index contributed by atoms with van der Waals surface area (Å²) in [5.74, 6) is 1.43. The van der Waals surface area contributed by atoms with Crippen LogP contribution in [0.15, 0.2) is 66.0 Å². The zero-order valence-corrected chi connectivity index (χ0v) is 19.7. The average molecular weight is 465 g/mol. The van der Waals surface area contributed by atoms with Crippen molar-refractivity contribution in [3.63, 3.8) is 0 Å². The lowest BCUT2D eigenvalue weighted by Crippen LogP contribution is -2.43. The summed E-state index contributed by atoms with van der Waals surface area (Å²) in [5.41, 5.74) is 1.54. The van der Waals surface area contributed by atoms with Gasteiger partial charge in [0.05, 0.1) is 6.54 Å². The number of thiophene rings is 1. The maximum absolute atomic E-state index is 13.5. The number of amides is 2. The van der Waals surface area contributed by atoms with Crippen LogP contribution in [0.25, 0.3) is 0 Å². The molecule has 2 aromatic carbocycles. The van der Waals surface area contributed by atoms with Gasteiger partial charge in [0.2, 0.25) is 12.7 Å². The van der Waals surface area contributed by atoms with Gasteiger partial charge < -0.3 is 19.3 Å². The third kappa shape index (κ3) is 5.93. The molecule has 7 heteroatoms. The molecule has 6 nitrogen and oxygen atoms in total. The van der Waals surface area contributed by atoms with E-state index in [0.29, 0.717) is 36.7 Å².